The van der Waals surface area contributed by atoms with E-state index in [0.29, 0.717) is 26.1 Å². The fraction of sp³-hybridized carbons (Fsp3) is 0.364. The zero-order chi connectivity index (χ0) is 22.1. The summed E-state index contributed by atoms with van der Waals surface area (Å²) >= 11 is 0. The van der Waals surface area contributed by atoms with E-state index in [1.54, 1.807) is 7.11 Å². The standard InChI is InChI=1S/C22H26N2O5S2/c1-29-20-6-4-18(5-7-20)19-12-16-24(17-13-19)31(27,28)22-10-8-21(9-11-22)30(25,26)23-14-2-3-15-23/h4-12H,2-3,13-17H2,1H3. The van der Waals surface area contributed by atoms with Crippen molar-refractivity contribution in [2.45, 2.75) is 29.1 Å². The van der Waals surface area contributed by atoms with Gasteiger partial charge in [-0.1, -0.05) is 18.2 Å². The smallest absolute Gasteiger partial charge is 0.243 e. The lowest BCUT2D eigenvalue weighted by molar-refractivity contribution is 0.414. The Morgan fingerprint density at radius 1 is 0.742 bits per heavy atom. The number of methoxy groups -OCH3 is 1. The summed E-state index contributed by atoms with van der Waals surface area (Å²) in [7, 11) is -5.64. The molecular formula is C22H26N2O5S2. The molecule has 2 aliphatic rings. The molecule has 7 nitrogen and oxygen atoms in total. The van der Waals surface area contributed by atoms with Gasteiger partial charge < -0.3 is 4.74 Å². The molecule has 4 rings (SSSR count). The summed E-state index contributed by atoms with van der Waals surface area (Å²) < 4.78 is 59.5. The molecule has 0 unspecified atom stereocenters. The van der Waals surface area contributed by atoms with E-state index < -0.39 is 20.0 Å². The summed E-state index contributed by atoms with van der Waals surface area (Å²) in [6, 6.07) is 13.3. The Labute approximate surface area is 184 Å². The molecule has 31 heavy (non-hydrogen) atoms. The van der Waals surface area contributed by atoms with Crippen LogP contribution in [0.5, 0.6) is 5.75 Å². The van der Waals surface area contributed by atoms with Crippen molar-refractivity contribution in [3.05, 3.63) is 60.2 Å². The van der Waals surface area contributed by atoms with E-state index in [4.69, 9.17) is 4.74 Å². The SMILES string of the molecule is COc1ccc(C2=CCN(S(=O)(=O)c3ccc(S(=O)(=O)N4CCCC4)cc3)CC2)cc1. The number of benzene rings is 2. The molecule has 0 aromatic heterocycles. The van der Waals surface area contributed by atoms with Crippen molar-refractivity contribution in [3.63, 3.8) is 0 Å². The van der Waals surface area contributed by atoms with Gasteiger partial charge in [0.15, 0.2) is 0 Å². The van der Waals surface area contributed by atoms with Crippen LogP contribution in [0.1, 0.15) is 24.8 Å². The lowest BCUT2D eigenvalue weighted by Gasteiger charge is -2.26. The van der Waals surface area contributed by atoms with E-state index in [0.717, 1.165) is 29.7 Å². The average molecular weight is 463 g/mol. The highest BCUT2D eigenvalue weighted by molar-refractivity contribution is 7.89. The maximum Gasteiger partial charge on any atom is 0.243 e. The van der Waals surface area contributed by atoms with Crippen molar-refractivity contribution in [3.8, 4) is 5.75 Å². The van der Waals surface area contributed by atoms with E-state index >= 15 is 0 Å². The van der Waals surface area contributed by atoms with E-state index in [9.17, 15) is 16.8 Å². The highest BCUT2D eigenvalue weighted by Gasteiger charge is 2.29. The predicted octanol–water partition coefficient (Wildman–Crippen LogP) is 2.96. The summed E-state index contributed by atoms with van der Waals surface area (Å²) in [5.41, 5.74) is 2.15. The van der Waals surface area contributed by atoms with Crippen LogP contribution in [-0.2, 0) is 20.0 Å². The first-order valence-electron chi connectivity index (χ1n) is 10.3. The van der Waals surface area contributed by atoms with Crippen molar-refractivity contribution in [1.82, 2.24) is 8.61 Å². The maximum absolute atomic E-state index is 13.1. The zero-order valence-corrected chi connectivity index (χ0v) is 19.0. The second-order valence-electron chi connectivity index (χ2n) is 7.65. The Morgan fingerprint density at radius 3 is 1.77 bits per heavy atom. The van der Waals surface area contributed by atoms with Crippen LogP contribution >= 0.6 is 0 Å². The Hall–Kier alpha value is -2.20. The van der Waals surface area contributed by atoms with Crippen LogP contribution in [-0.4, -0.2) is 58.7 Å². The van der Waals surface area contributed by atoms with Crippen molar-refractivity contribution in [1.29, 1.82) is 0 Å². The third-order valence-electron chi connectivity index (χ3n) is 5.80. The highest BCUT2D eigenvalue weighted by atomic mass is 32.2. The van der Waals surface area contributed by atoms with Gasteiger partial charge in [0.2, 0.25) is 20.0 Å². The third-order valence-corrected chi connectivity index (χ3v) is 9.59. The molecule has 0 radical (unpaired) electrons. The molecular weight excluding hydrogens is 436 g/mol. The van der Waals surface area contributed by atoms with Crippen LogP contribution in [0.25, 0.3) is 5.57 Å². The minimum Gasteiger partial charge on any atom is -0.497 e. The van der Waals surface area contributed by atoms with Crippen LogP contribution in [0.3, 0.4) is 0 Å². The minimum atomic E-state index is -3.70. The molecule has 2 aliphatic heterocycles. The second-order valence-corrected chi connectivity index (χ2v) is 11.5. The summed E-state index contributed by atoms with van der Waals surface area (Å²) in [6.45, 7) is 1.67. The molecule has 0 spiro atoms. The number of ether oxygens (including phenoxy) is 1. The molecule has 0 aliphatic carbocycles. The maximum atomic E-state index is 13.1. The average Bonchev–Trinajstić information content (AvgIpc) is 3.35. The fourth-order valence-corrected chi connectivity index (χ4v) is 6.84. The molecule has 166 valence electrons. The van der Waals surface area contributed by atoms with Gasteiger partial charge in [-0.2, -0.15) is 8.61 Å². The van der Waals surface area contributed by atoms with E-state index in [-0.39, 0.29) is 16.3 Å². The fourth-order valence-electron chi connectivity index (χ4n) is 3.95. The normalized spacial score (nSPS) is 18.7. The van der Waals surface area contributed by atoms with Crippen molar-refractivity contribution in [2.75, 3.05) is 33.3 Å². The molecule has 0 atom stereocenters. The molecule has 0 amide bonds. The predicted molar refractivity (Wildman–Crippen MR) is 119 cm³/mol. The third kappa shape index (κ3) is 4.41. The van der Waals surface area contributed by atoms with Crippen molar-refractivity contribution >= 4 is 25.6 Å². The van der Waals surface area contributed by atoms with Crippen molar-refractivity contribution in [2.24, 2.45) is 0 Å². The topological polar surface area (TPSA) is 84.0 Å². The summed E-state index contributed by atoms with van der Waals surface area (Å²) in [6.07, 6.45) is 4.24. The van der Waals surface area contributed by atoms with Gasteiger partial charge >= 0.3 is 0 Å². The zero-order valence-electron chi connectivity index (χ0n) is 17.4. The first kappa shape index (κ1) is 22.0. The summed E-state index contributed by atoms with van der Waals surface area (Å²) in [5.74, 6) is 0.777. The molecule has 1 fully saturated rings. The molecule has 2 heterocycles. The van der Waals surface area contributed by atoms with Gasteiger partial charge in [-0.15, -0.1) is 0 Å². The number of sulfonamides is 2. The molecule has 2 aromatic carbocycles. The van der Waals surface area contributed by atoms with Crippen LogP contribution in [0.2, 0.25) is 0 Å². The number of hydrogen-bond donors (Lipinski definition) is 0. The molecule has 0 N–H and O–H groups in total. The first-order chi connectivity index (χ1) is 14.8. The van der Waals surface area contributed by atoms with Gasteiger partial charge in [-0.3, -0.25) is 0 Å². The second kappa shape index (κ2) is 8.74. The Kier molecular flexibility index (Phi) is 6.20. The van der Waals surface area contributed by atoms with Gasteiger partial charge in [-0.05, 0) is 66.8 Å². The van der Waals surface area contributed by atoms with Crippen LogP contribution in [0, 0.1) is 0 Å². The van der Waals surface area contributed by atoms with E-state index in [2.05, 4.69) is 0 Å². The number of nitrogens with zero attached hydrogens (tertiary/aromatic N) is 2. The Bertz CT molecular complexity index is 1170. The van der Waals surface area contributed by atoms with Gasteiger partial charge in [-0.25, -0.2) is 16.8 Å². The molecule has 1 saturated heterocycles. The van der Waals surface area contributed by atoms with Gasteiger partial charge in [0, 0.05) is 26.2 Å². The molecule has 2 aromatic rings. The van der Waals surface area contributed by atoms with Crippen LogP contribution < -0.4 is 4.74 Å². The quantitative estimate of drug-likeness (QED) is 0.659. The van der Waals surface area contributed by atoms with Gasteiger partial charge in [0.25, 0.3) is 0 Å². The lowest BCUT2D eigenvalue weighted by atomic mass is 10.0. The van der Waals surface area contributed by atoms with E-state index in [1.807, 2.05) is 30.3 Å². The first-order valence-corrected chi connectivity index (χ1v) is 13.1. The number of rotatable bonds is 6. The van der Waals surface area contributed by atoms with Crippen LogP contribution in [0.15, 0.2) is 64.4 Å². The minimum absolute atomic E-state index is 0.106. The Morgan fingerprint density at radius 2 is 1.29 bits per heavy atom. The summed E-state index contributed by atoms with van der Waals surface area (Å²) in [5, 5.41) is 0. The van der Waals surface area contributed by atoms with E-state index in [1.165, 1.54) is 32.9 Å². The largest absolute Gasteiger partial charge is 0.497 e. The highest BCUT2D eigenvalue weighted by Crippen LogP contribution is 2.28. The number of hydrogen-bond acceptors (Lipinski definition) is 5. The van der Waals surface area contributed by atoms with Gasteiger partial charge in [0.05, 0.1) is 16.9 Å². The Balaban J connectivity index is 1.49. The monoisotopic (exact) mass is 462 g/mol. The van der Waals surface area contributed by atoms with Crippen LogP contribution in [0.4, 0.5) is 0 Å². The molecule has 0 bridgehead atoms. The molecule has 9 heteroatoms. The van der Waals surface area contributed by atoms with Crippen molar-refractivity contribution < 1.29 is 21.6 Å². The lowest BCUT2D eigenvalue weighted by Crippen LogP contribution is -2.34. The van der Waals surface area contributed by atoms with Gasteiger partial charge in [0.1, 0.15) is 5.75 Å². The summed E-state index contributed by atoms with van der Waals surface area (Å²) in [4.78, 5) is 0.239. The molecule has 0 saturated carbocycles.